The molecular weight excluding hydrogens is 184 g/mol. The molecule has 0 fully saturated rings. The minimum absolute atomic E-state index is 0.162. The quantitative estimate of drug-likeness (QED) is 0.611. The number of hydrogen-bond acceptors (Lipinski definition) is 3. The van der Waals surface area contributed by atoms with E-state index in [-0.39, 0.29) is 11.5 Å². The van der Waals surface area contributed by atoms with Gasteiger partial charge in [0.05, 0.1) is 0 Å². The van der Waals surface area contributed by atoms with Crippen molar-refractivity contribution in [2.24, 2.45) is 0 Å². The van der Waals surface area contributed by atoms with Gasteiger partial charge in [-0.15, -0.1) is 0 Å². The van der Waals surface area contributed by atoms with Gasteiger partial charge in [-0.3, -0.25) is 19.7 Å². The van der Waals surface area contributed by atoms with Crippen LogP contribution in [0.2, 0.25) is 0 Å². The summed E-state index contributed by atoms with van der Waals surface area (Å²) in [4.78, 5) is 32.1. The van der Waals surface area contributed by atoms with Crippen LogP contribution >= 0.6 is 0 Å². The summed E-state index contributed by atoms with van der Waals surface area (Å²) in [5.74, 6) is -1.08. The average Bonchev–Trinajstić information content (AvgIpc) is 2.01. The van der Waals surface area contributed by atoms with E-state index in [9.17, 15) is 14.4 Å². The molecule has 0 saturated carbocycles. The molecule has 0 saturated heterocycles. The van der Waals surface area contributed by atoms with E-state index < -0.39 is 11.8 Å². The summed E-state index contributed by atoms with van der Waals surface area (Å²) in [6.45, 7) is 6.47. The Morgan fingerprint density at radius 3 is 2.14 bits per heavy atom. The summed E-state index contributed by atoms with van der Waals surface area (Å²) < 4.78 is 0. The van der Waals surface area contributed by atoms with Gasteiger partial charge in [-0.1, -0.05) is 6.58 Å². The van der Waals surface area contributed by atoms with Crippen LogP contribution < -0.4 is 10.6 Å². The highest BCUT2D eigenvalue weighted by Gasteiger charge is 2.07. The fraction of sp³-hybridized carbons (Fsp3) is 0.444. The van der Waals surface area contributed by atoms with Gasteiger partial charge in [0.25, 0.3) is 5.91 Å². The monoisotopic (exact) mass is 198 g/mol. The first-order valence-corrected chi connectivity index (χ1v) is 4.17. The molecule has 0 aromatic rings. The zero-order valence-electron chi connectivity index (χ0n) is 8.35. The Hall–Kier alpha value is -1.65. The Bertz CT molecular complexity index is 271. The van der Waals surface area contributed by atoms with E-state index >= 15 is 0 Å². The second-order valence-electron chi connectivity index (χ2n) is 2.85. The molecule has 14 heavy (non-hydrogen) atoms. The third-order valence-electron chi connectivity index (χ3n) is 1.41. The average molecular weight is 198 g/mol. The lowest BCUT2D eigenvalue weighted by atomic mass is 10.2. The zero-order chi connectivity index (χ0) is 11.1. The third-order valence-corrected chi connectivity index (χ3v) is 1.41. The molecule has 0 aliphatic rings. The Morgan fingerprint density at radius 1 is 1.14 bits per heavy atom. The van der Waals surface area contributed by atoms with E-state index in [1.165, 1.54) is 13.8 Å². The van der Waals surface area contributed by atoms with Crippen molar-refractivity contribution in [2.45, 2.75) is 20.3 Å². The maximum Gasteiger partial charge on any atom is 0.253 e. The lowest BCUT2D eigenvalue weighted by Gasteiger charge is -2.04. The predicted molar refractivity (Wildman–Crippen MR) is 51.3 cm³/mol. The second-order valence-corrected chi connectivity index (χ2v) is 2.85. The summed E-state index contributed by atoms with van der Waals surface area (Å²) in [6.07, 6.45) is 0.332. The number of carbonyl (C=O) groups is 3. The van der Waals surface area contributed by atoms with Crippen molar-refractivity contribution in [3.63, 3.8) is 0 Å². The lowest BCUT2D eigenvalue weighted by Crippen LogP contribution is -2.30. The smallest absolute Gasteiger partial charge is 0.253 e. The van der Waals surface area contributed by atoms with Crippen LogP contribution in [0.4, 0.5) is 0 Å². The van der Waals surface area contributed by atoms with Gasteiger partial charge in [0.15, 0.2) is 0 Å². The van der Waals surface area contributed by atoms with Crippen molar-refractivity contribution in [1.29, 1.82) is 0 Å². The first-order chi connectivity index (χ1) is 6.43. The largest absolute Gasteiger partial charge is 0.356 e. The predicted octanol–water partition coefficient (Wildman–Crippen LogP) is -0.269. The molecule has 78 valence electrons. The molecule has 0 aliphatic heterocycles. The molecule has 0 atom stereocenters. The summed E-state index contributed by atoms with van der Waals surface area (Å²) in [5.41, 5.74) is 0.272. The van der Waals surface area contributed by atoms with Gasteiger partial charge in [0, 0.05) is 26.0 Å². The van der Waals surface area contributed by atoms with E-state index in [4.69, 9.17) is 0 Å². The van der Waals surface area contributed by atoms with Gasteiger partial charge < -0.3 is 5.32 Å². The number of rotatable bonds is 4. The molecule has 2 N–H and O–H groups in total. The van der Waals surface area contributed by atoms with E-state index in [0.717, 1.165) is 0 Å². The molecule has 0 rings (SSSR count). The lowest BCUT2D eigenvalue weighted by molar-refractivity contribution is -0.127. The van der Waals surface area contributed by atoms with E-state index in [1.807, 2.05) is 0 Å². The van der Waals surface area contributed by atoms with Gasteiger partial charge in [-0.2, -0.15) is 0 Å². The highest BCUT2D eigenvalue weighted by atomic mass is 16.2. The zero-order valence-corrected chi connectivity index (χ0v) is 8.35. The minimum atomic E-state index is -0.497. The van der Waals surface area contributed by atoms with Gasteiger partial charge in [-0.05, 0) is 6.42 Å². The normalized spacial score (nSPS) is 9.00. The van der Waals surface area contributed by atoms with Crippen LogP contribution in [0.15, 0.2) is 12.2 Å². The third kappa shape index (κ3) is 5.93. The maximum atomic E-state index is 11.1. The molecule has 0 aromatic carbocycles. The van der Waals surface area contributed by atoms with Crippen molar-refractivity contribution in [3.8, 4) is 0 Å². The number of carbonyl (C=O) groups excluding carboxylic acids is 3. The summed E-state index contributed by atoms with van der Waals surface area (Å²) in [7, 11) is 0. The van der Waals surface area contributed by atoms with Crippen molar-refractivity contribution < 1.29 is 14.4 Å². The molecule has 5 nitrogen and oxygen atoms in total. The van der Waals surface area contributed by atoms with Crippen LogP contribution in [0.25, 0.3) is 0 Å². The van der Waals surface area contributed by atoms with Crippen LogP contribution in [-0.2, 0) is 14.4 Å². The first kappa shape index (κ1) is 12.3. The van der Waals surface area contributed by atoms with E-state index in [1.54, 1.807) is 0 Å². The van der Waals surface area contributed by atoms with Crippen LogP contribution in [0.3, 0.4) is 0 Å². The van der Waals surface area contributed by atoms with Crippen LogP contribution in [0.1, 0.15) is 20.3 Å². The van der Waals surface area contributed by atoms with Gasteiger partial charge >= 0.3 is 0 Å². The molecule has 0 unspecified atom stereocenters. The second kappa shape index (κ2) is 5.90. The van der Waals surface area contributed by atoms with Crippen molar-refractivity contribution in [2.75, 3.05) is 6.54 Å². The number of amides is 3. The number of hydrogen-bond donors (Lipinski definition) is 2. The fourth-order valence-electron chi connectivity index (χ4n) is 0.751. The maximum absolute atomic E-state index is 11.1. The van der Waals surface area contributed by atoms with E-state index in [2.05, 4.69) is 17.2 Å². The molecule has 0 aliphatic carbocycles. The highest BCUT2D eigenvalue weighted by molar-refractivity contribution is 6.03. The molecule has 0 bridgehead atoms. The Morgan fingerprint density at radius 2 is 1.71 bits per heavy atom. The molecular formula is C9H14N2O3. The summed E-state index contributed by atoms with van der Waals surface area (Å²) >= 11 is 0. The molecule has 0 heterocycles. The minimum Gasteiger partial charge on any atom is -0.356 e. The van der Waals surface area contributed by atoms with Gasteiger partial charge in [0.2, 0.25) is 11.8 Å². The fourth-order valence-corrected chi connectivity index (χ4v) is 0.751. The number of nitrogens with one attached hydrogen (secondary N) is 2. The Balaban J connectivity index is 3.79. The SMILES string of the molecule is C=C(CCNC(C)=O)C(=O)NC(C)=O. The molecule has 3 amide bonds. The number of imide groups is 1. The molecule has 0 spiro atoms. The topological polar surface area (TPSA) is 75.3 Å². The van der Waals surface area contributed by atoms with Crippen LogP contribution in [0.5, 0.6) is 0 Å². The van der Waals surface area contributed by atoms with Crippen molar-refractivity contribution >= 4 is 17.7 Å². The highest BCUT2D eigenvalue weighted by Crippen LogP contribution is 1.95. The van der Waals surface area contributed by atoms with E-state index in [0.29, 0.717) is 13.0 Å². The van der Waals surface area contributed by atoms with Gasteiger partial charge in [0.1, 0.15) is 0 Å². The Labute approximate surface area is 82.6 Å². The van der Waals surface area contributed by atoms with Crippen LogP contribution in [-0.4, -0.2) is 24.3 Å². The standard InChI is InChI=1S/C9H14N2O3/c1-6(4-5-10-7(2)12)9(14)11-8(3)13/h1,4-5H2,2-3H3,(H,10,12)(H,11,13,14). The summed E-state index contributed by atoms with van der Waals surface area (Å²) in [5, 5.41) is 4.61. The molecule has 5 heteroatoms. The molecule has 0 aromatic heterocycles. The van der Waals surface area contributed by atoms with Crippen molar-refractivity contribution in [1.82, 2.24) is 10.6 Å². The van der Waals surface area contributed by atoms with Crippen molar-refractivity contribution in [3.05, 3.63) is 12.2 Å². The molecule has 0 radical (unpaired) electrons. The Kier molecular flexibility index (Phi) is 5.21. The first-order valence-electron chi connectivity index (χ1n) is 4.17. The van der Waals surface area contributed by atoms with Gasteiger partial charge in [-0.25, -0.2) is 0 Å². The van der Waals surface area contributed by atoms with Crippen LogP contribution in [0, 0.1) is 0 Å². The summed E-state index contributed by atoms with van der Waals surface area (Å²) in [6, 6.07) is 0.